The SMILES string of the molecule is CCNC(=NCC1CCN(Cc2nc(C)c(C)o2)CC1)NCCCOC. The second-order valence-corrected chi connectivity index (χ2v) is 6.96. The highest BCUT2D eigenvalue weighted by molar-refractivity contribution is 5.79. The van der Waals surface area contributed by atoms with Crippen LogP contribution in [0.1, 0.15) is 43.5 Å². The molecule has 1 aliphatic heterocycles. The van der Waals surface area contributed by atoms with Gasteiger partial charge in [-0.3, -0.25) is 9.89 Å². The molecule has 0 amide bonds. The normalized spacial score (nSPS) is 16.8. The molecule has 2 rings (SSSR count). The van der Waals surface area contributed by atoms with Gasteiger partial charge in [-0.25, -0.2) is 4.98 Å². The van der Waals surface area contributed by atoms with E-state index in [0.29, 0.717) is 5.92 Å². The monoisotopic (exact) mass is 365 g/mol. The number of ether oxygens (including phenoxy) is 1. The van der Waals surface area contributed by atoms with Crippen molar-refractivity contribution >= 4 is 5.96 Å². The van der Waals surface area contributed by atoms with Crippen LogP contribution in [0.5, 0.6) is 0 Å². The minimum atomic E-state index is 0.647. The zero-order valence-corrected chi connectivity index (χ0v) is 16.8. The van der Waals surface area contributed by atoms with Gasteiger partial charge < -0.3 is 19.8 Å². The van der Waals surface area contributed by atoms with Gasteiger partial charge in [-0.15, -0.1) is 0 Å². The van der Waals surface area contributed by atoms with Gasteiger partial charge in [-0.2, -0.15) is 0 Å². The Morgan fingerprint density at radius 3 is 2.69 bits per heavy atom. The lowest BCUT2D eigenvalue weighted by molar-refractivity contribution is 0.166. The zero-order valence-electron chi connectivity index (χ0n) is 16.8. The fourth-order valence-corrected chi connectivity index (χ4v) is 3.11. The first-order valence-electron chi connectivity index (χ1n) is 9.78. The number of aryl methyl sites for hydroxylation is 2. The Labute approximate surface area is 157 Å². The Hall–Kier alpha value is -1.60. The van der Waals surface area contributed by atoms with Crippen LogP contribution in [-0.2, 0) is 11.3 Å². The van der Waals surface area contributed by atoms with E-state index in [4.69, 9.17) is 14.1 Å². The van der Waals surface area contributed by atoms with E-state index in [9.17, 15) is 0 Å². The summed E-state index contributed by atoms with van der Waals surface area (Å²) >= 11 is 0. The number of nitrogens with one attached hydrogen (secondary N) is 2. The van der Waals surface area contributed by atoms with E-state index in [1.165, 1.54) is 12.8 Å². The minimum absolute atomic E-state index is 0.647. The third-order valence-corrected chi connectivity index (χ3v) is 4.81. The molecule has 0 saturated carbocycles. The molecule has 0 spiro atoms. The fraction of sp³-hybridized carbons (Fsp3) is 0.789. The summed E-state index contributed by atoms with van der Waals surface area (Å²) in [5, 5.41) is 6.69. The van der Waals surface area contributed by atoms with Crippen LogP contribution in [0.4, 0.5) is 0 Å². The van der Waals surface area contributed by atoms with E-state index < -0.39 is 0 Å². The van der Waals surface area contributed by atoms with E-state index in [1.807, 2.05) is 13.8 Å². The molecule has 0 radical (unpaired) electrons. The highest BCUT2D eigenvalue weighted by Crippen LogP contribution is 2.20. The van der Waals surface area contributed by atoms with Crippen LogP contribution < -0.4 is 10.6 Å². The van der Waals surface area contributed by atoms with Crippen LogP contribution in [0.25, 0.3) is 0 Å². The third kappa shape index (κ3) is 6.96. The molecule has 0 aromatic carbocycles. The average Bonchev–Trinajstić information content (AvgIpc) is 2.95. The van der Waals surface area contributed by atoms with Crippen molar-refractivity contribution in [3.63, 3.8) is 0 Å². The predicted octanol–water partition coefficient (Wildman–Crippen LogP) is 2.10. The first kappa shape index (κ1) is 20.7. The molecule has 0 bridgehead atoms. The Bertz CT molecular complexity index is 531. The molecule has 2 N–H and O–H groups in total. The standard InChI is InChI=1S/C19H35N5O2/c1-5-20-19(21-9-6-12-25-4)22-13-17-7-10-24(11-8-17)14-18-23-15(2)16(3)26-18/h17H,5-14H2,1-4H3,(H2,20,21,22). The van der Waals surface area contributed by atoms with E-state index in [-0.39, 0.29) is 0 Å². The van der Waals surface area contributed by atoms with Gasteiger partial charge in [0, 0.05) is 33.4 Å². The molecule has 0 atom stereocenters. The average molecular weight is 366 g/mol. The molecule has 148 valence electrons. The molecule has 26 heavy (non-hydrogen) atoms. The number of hydrogen-bond acceptors (Lipinski definition) is 5. The van der Waals surface area contributed by atoms with Crippen LogP contribution in [-0.4, -0.2) is 62.3 Å². The number of guanidine groups is 1. The first-order valence-corrected chi connectivity index (χ1v) is 9.78. The van der Waals surface area contributed by atoms with Crippen LogP contribution in [0.2, 0.25) is 0 Å². The van der Waals surface area contributed by atoms with E-state index in [2.05, 4.69) is 27.4 Å². The molecular formula is C19H35N5O2. The zero-order chi connectivity index (χ0) is 18.8. The minimum Gasteiger partial charge on any atom is -0.444 e. The van der Waals surface area contributed by atoms with Crippen molar-refractivity contribution in [3.8, 4) is 0 Å². The molecule has 1 saturated heterocycles. The highest BCUT2D eigenvalue weighted by atomic mass is 16.5. The maximum Gasteiger partial charge on any atom is 0.208 e. The van der Waals surface area contributed by atoms with Gasteiger partial charge in [0.25, 0.3) is 0 Å². The van der Waals surface area contributed by atoms with Gasteiger partial charge in [0.2, 0.25) is 5.89 Å². The maximum absolute atomic E-state index is 5.70. The van der Waals surface area contributed by atoms with Gasteiger partial charge in [-0.05, 0) is 59.0 Å². The second kappa shape index (κ2) is 11.2. The van der Waals surface area contributed by atoms with Crippen molar-refractivity contribution in [2.75, 3.05) is 46.4 Å². The summed E-state index contributed by atoms with van der Waals surface area (Å²) in [6.45, 7) is 12.5. The van der Waals surface area contributed by atoms with Crippen LogP contribution in [0, 0.1) is 19.8 Å². The molecule has 0 aliphatic carbocycles. The lowest BCUT2D eigenvalue weighted by Crippen LogP contribution is -2.39. The number of nitrogens with zero attached hydrogens (tertiary/aromatic N) is 3. The number of hydrogen-bond donors (Lipinski definition) is 2. The number of methoxy groups -OCH3 is 1. The maximum atomic E-state index is 5.70. The summed E-state index contributed by atoms with van der Waals surface area (Å²) in [6, 6.07) is 0. The van der Waals surface area contributed by atoms with Gasteiger partial charge in [0.1, 0.15) is 5.76 Å². The van der Waals surface area contributed by atoms with Gasteiger partial charge in [-0.1, -0.05) is 0 Å². The second-order valence-electron chi connectivity index (χ2n) is 6.96. The molecule has 1 aromatic rings. The molecule has 1 aromatic heterocycles. The van der Waals surface area contributed by atoms with Crippen molar-refractivity contribution in [1.82, 2.24) is 20.5 Å². The lowest BCUT2D eigenvalue weighted by atomic mass is 9.97. The predicted molar refractivity (Wildman–Crippen MR) is 104 cm³/mol. The van der Waals surface area contributed by atoms with Gasteiger partial charge in [0.05, 0.1) is 12.2 Å². The van der Waals surface area contributed by atoms with Gasteiger partial charge in [0.15, 0.2) is 5.96 Å². The highest BCUT2D eigenvalue weighted by Gasteiger charge is 2.20. The molecular weight excluding hydrogens is 330 g/mol. The molecule has 1 aliphatic rings. The van der Waals surface area contributed by atoms with E-state index in [0.717, 1.165) is 75.6 Å². The van der Waals surface area contributed by atoms with E-state index in [1.54, 1.807) is 7.11 Å². The smallest absolute Gasteiger partial charge is 0.208 e. The largest absolute Gasteiger partial charge is 0.444 e. The third-order valence-electron chi connectivity index (χ3n) is 4.81. The molecule has 2 heterocycles. The van der Waals surface area contributed by atoms with Crippen molar-refractivity contribution in [2.45, 2.75) is 46.6 Å². The first-order chi connectivity index (χ1) is 12.6. The fourth-order valence-electron chi connectivity index (χ4n) is 3.11. The summed E-state index contributed by atoms with van der Waals surface area (Å²) < 4.78 is 10.8. The topological polar surface area (TPSA) is 74.9 Å². The molecule has 0 unspecified atom stereocenters. The Morgan fingerprint density at radius 2 is 2.08 bits per heavy atom. The number of likely N-dealkylation sites (tertiary alicyclic amines) is 1. The van der Waals surface area contributed by atoms with Crippen LogP contribution in [0.15, 0.2) is 9.41 Å². The van der Waals surface area contributed by atoms with E-state index >= 15 is 0 Å². The Kier molecular flexibility index (Phi) is 8.91. The number of rotatable bonds is 9. The van der Waals surface area contributed by atoms with Crippen molar-refractivity contribution in [2.24, 2.45) is 10.9 Å². The number of piperidine rings is 1. The summed E-state index contributed by atoms with van der Waals surface area (Å²) in [6.07, 6.45) is 3.33. The lowest BCUT2D eigenvalue weighted by Gasteiger charge is -2.30. The number of aliphatic imine (C=N–C) groups is 1. The van der Waals surface area contributed by atoms with Crippen molar-refractivity contribution < 1.29 is 9.15 Å². The van der Waals surface area contributed by atoms with Crippen molar-refractivity contribution in [1.29, 1.82) is 0 Å². The summed E-state index contributed by atoms with van der Waals surface area (Å²) in [5.74, 6) is 3.33. The van der Waals surface area contributed by atoms with Crippen LogP contribution >= 0.6 is 0 Å². The quantitative estimate of drug-likeness (QED) is 0.397. The molecule has 7 nitrogen and oxygen atoms in total. The Morgan fingerprint density at radius 1 is 1.31 bits per heavy atom. The summed E-state index contributed by atoms with van der Waals surface area (Å²) in [5.41, 5.74) is 0.998. The molecule has 7 heteroatoms. The van der Waals surface area contributed by atoms with Crippen molar-refractivity contribution in [3.05, 3.63) is 17.3 Å². The Balaban J connectivity index is 1.72. The van der Waals surface area contributed by atoms with Gasteiger partial charge >= 0.3 is 0 Å². The molecule has 1 fully saturated rings. The van der Waals surface area contributed by atoms with Crippen LogP contribution in [0.3, 0.4) is 0 Å². The number of oxazole rings is 1. The summed E-state index contributed by atoms with van der Waals surface area (Å²) in [7, 11) is 1.73. The summed E-state index contributed by atoms with van der Waals surface area (Å²) in [4.78, 5) is 11.7. The number of aromatic nitrogens is 1.